The molecule has 0 heterocycles. The van der Waals surface area contributed by atoms with Gasteiger partial charge < -0.3 is 0 Å². The lowest BCUT2D eigenvalue weighted by atomic mass is 9.95. The van der Waals surface area contributed by atoms with Gasteiger partial charge in [0, 0.05) is 6.92 Å². The van der Waals surface area contributed by atoms with Gasteiger partial charge in [0.25, 0.3) is 5.92 Å². The van der Waals surface area contributed by atoms with Gasteiger partial charge in [-0.1, -0.05) is 38.5 Å². The van der Waals surface area contributed by atoms with Crippen LogP contribution in [0.3, 0.4) is 0 Å². The van der Waals surface area contributed by atoms with Crippen LogP contribution in [0.15, 0.2) is 23.8 Å². The summed E-state index contributed by atoms with van der Waals surface area (Å²) >= 11 is 0. The van der Waals surface area contributed by atoms with E-state index in [0.717, 1.165) is 13.3 Å². The average Bonchev–Trinajstić information content (AvgIpc) is 2.09. The molecule has 0 saturated heterocycles. The topological polar surface area (TPSA) is 0 Å². The molecular formula is C12H20F2. The van der Waals surface area contributed by atoms with Gasteiger partial charge in [0.05, 0.1) is 0 Å². The van der Waals surface area contributed by atoms with Gasteiger partial charge in [-0.05, 0) is 24.8 Å². The van der Waals surface area contributed by atoms with E-state index in [1.807, 2.05) is 20.8 Å². The third-order valence-electron chi connectivity index (χ3n) is 2.32. The van der Waals surface area contributed by atoms with E-state index in [1.54, 1.807) is 12.2 Å². The Bertz CT molecular complexity index is 209. The van der Waals surface area contributed by atoms with Crippen molar-refractivity contribution in [2.24, 2.45) is 5.92 Å². The molecule has 0 nitrogen and oxygen atoms in total. The van der Waals surface area contributed by atoms with Crippen LogP contribution in [-0.2, 0) is 0 Å². The summed E-state index contributed by atoms with van der Waals surface area (Å²) in [7, 11) is 0. The first-order valence-electron chi connectivity index (χ1n) is 5.12. The predicted molar refractivity (Wildman–Crippen MR) is 57.6 cm³/mol. The Morgan fingerprint density at radius 2 is 2.00 bits per heavy atom. The van der Waals surface area contributed by atoms with Crippen molar-refractivity contribution in [1.82, 2.24) is 0 Å². The van der Waals surface area contributed by atoms with Crippen LogP contribution in [0.25, 0.3) is 0 Å². The molecule has 0 aliphatic heterocycles. The van der Waals surface area contributed by atoms with Crippen molar-refractivity contribution in [1.29, 1.82) is 0 Å². The van der Waals surface area contributed by atoms with Crippen LogP contribution in [0.1, 0.15) is 40.5 Å². The van der Waals surface area contributed by atoms with Crippen LogP contribution < -0.4 is 0 Å². The molecule has 0 aromatic rings. The number of halogens is 2. The number of hydrogen-bond acceptors (Lipinski definition) is 0. The molecule has 2 heteroatoms. The minimum absolute atomic E-state index is 0.227. The Labute approximate surface area is 85.7 Å². The number of rotatable bonds is 5. The first kappa shape index (κ1) is 13.3. The Balaban J connectivity index is 4.58. The summed E-state index contributed by atoms with van der Waals surface area (Å²) < 4.78 is 26.2. The second-order valence-electron chi connectivity index (χ2n) is 3.82. The molecule has 0 spiro atoms. The lowest BCUT2D eigenvalue weighted by Crippen LogP contribution is -2.16. The fourth-order valence-corrected chi connectivity index (χ4v) is 1.13. The molecule has 0 saturated carbocycles. The molecule has 1 unspecified atom stereocenters. The predicted octanol–water partition coefficient (Wildman–Crippen LogP) is 4.58. The molecule has 0 radical (unpaired) electrons. The van der Waals surface area contributed by atoms with E-state index in [2.05, 4.69) is 0 Å². The molecule has 1 atom stereocenters. The molecule has 0 aliphatic rings. The summed E-state index contributed by atoms with van der Waals surface area (Å²) in [5.74, 6) is -2.37. The largest absolute Gasteiger partial charge is 0.266 e. The van der Waals surface area contributed by atoms with E-state index in [9.17, 15) is 8.78 Å². The van der Waals surface area contributed by atoms with Gasteiger partial charge in [-0.25, -0.2) is 8.78 Å². The molecule has 14 heavy (non-hydrogen) atoms. The molecule has 0 rings (SSSR count). The number of alkyl halides is 2. The molecule has 0 fully saturated rings. The third kappa shape index (κ3) is 5.15. The first-order valence-corrected chi connectivity index (χ1v) is 5.12. The smallest absolute Gasteiger partial charge is 0.202 e. The maximum Gasteiger partial charge on any atom is 0.266 e. The zero-order valence-electron chi connectivity index (χ0n) is 9.48. The minimum Gasteiger partial charge on any atom is -0.202 e. The molecule has 0 aromatic heterocycles. The van der Waals surface area contributed by atoms with Crippen LogP contribution in [-0.4, -0.2) is 5.92 Å². The van der Waals surface area contributed by atoms with Crippen molar-refractivity contribution in [3.63, 3.8) is 0 Å². The van der Waals surface area contributed by atoms with Gasteiger partial charge in [0.1, 0.15) is 0 Å². The van der Waals surface area contributed by atoms with Crippen molar-refractivity contribution in [3.05, 3.63) is 23.8 Å². The average molecular weight is 202 g/mol. The summed E-state index contributed by atoms with van der Waals surface area (Å²) in [6.45, 7) is 6.80. The van der Waals surface area contributed by atoms with E-state index < -0.39 is 5.92 Å². The summed E-state index contributed by atoms with van der Waals surface area (Å²) in [4.78, 5) is 0. The highest BCUT2D eigenvalue weighted by Gasteiger charge is 2.27. The Morgan fingerprint density at radius 1 is 1.43 bits per heavy atom. The van der Waals surface area contributed by atoms with Gasteiger partial charge >= 0.3 is 0 Å². The molecule has 0 N–H and O–H groups in total. The van der Waals surface area contributed by atoms with Gasteiger partial charge in [-0.3, -0.25) is 0 Å². The molecule has 0 aliphatic carbocycles. The van der Waals surface area contributed by atoms with Crippen molar-refractivity contribution in [2.75, 3.05) is 0 Å². The lowest BCUT2D eigenvalue weighted by Gasteiger charge is -2.18. The third-order valence-corrected chi connectivity index (χ3v) is 2.32. The maximum atomic E-state index is 13.1. The van der Waals surface area contributed by atoms with Crippen molar-refractivity contribution in [2.45, 2.75) is 46.5 Å². The monoisotopic (exact) mass is 202 g/mol. The Hall–Kier alpha value is -0.660. The second-order valence-corrected chi connectivity index (χ2v) is 3.82. The fraction of sp³-hybridized carbons (Fsp3) is 0.667. The lowest BCUT2D eigenvalue weighted by molar-refractivity contribution is 0.0572. The number of allylic oxidation sites excluding steroid dienone is 4. The van der Waals surface area contributed by atoms with Crippen molar-refractivity contribution >= 4 is 0 Å². The normalized spacial score (nSPS) is 16.3. The van der Waals surface area contributed by atoms with E-state index in [-0.39, 0.29) is 5.57 Å². The second kappa shape index (κ2) is 5.94. The zero-order chi connectivity index (χ0) is 11.2. The van der Waals surface area contributed by atoms with Crippen molar-refractivity contribution in [3.8, 4) is 0 Å². The van der Waals surface area contributed by atoms with Gasteiger partial charge in [0.2, 0.25) is 0 Å². The molecule has 0 amide bonds. The Morgan fingerprint density at radius 3 is 2.36 bits per heavy atom. The molecule has 82 valence electrons. The summed E-state index contributed by atoms with van der Waals surface area (Å²) in [5, 5.41) is 0. The van der Waals surface area contributed by atoms with Crippen molar-refractivity contribution < 1.29 is 8.78 Å². The van der Waals surface area contributed by atoms with E-state index in [0.29, 0.717) is 12.3 Å². The zero-order valence-corrected chi connectivity index (χ0v) is 9.48. The summed E-state index contributed by atoms with van der Waals surface area (Å²) in [6, 6.07) is 0. The minimum atomic E-state index is -2.69. The molecular weight excluding hydrogens is 182 g/mol. The van der Waals surface area contributed by atoms with Crippen LogP contribution in [0.4, 0.5) is 8.78 Å². The summed E-state index contributed by atoms with van der Waals surface area (Å²) in [6.07, 6.45) is 6.39. The van der Waals surface area contributed by atoms with E-state index in [1.165, 1.54) is 6.08 Å². The Kier molecular flexibility index (Phi) is 5.66. The molecule has 0 bridgehead atoms. The first-order chi connectivity index (χ1) is 6.41. The van der Waals surface area contributed by atoms with Crippen LogP contribution in [0, 0.1) is 5.92 Å². The van der Waals surface area contributed by atoms with Gasteiger partial charge in [0.15, 0.2) is 0 Å². The van der Waals surface area contributed by atoms with E-state index >= 15 is 0 Å². The summed E-state index contributed by atoms with van der Waals surface area (Å²) in [5.41, 5.74) is 0.227. The van der Waals surface area contributed by atoms with Gasteiger partial charge in [-0.15, -0.1) is 0 Å². The highest BCUT2D eigenvalue weighted by atomic mass is 19.3. The SMILES string of the molecule is CC=CC=C(CC(C)CC)C(C)(F)F. The van der Waals surface area contributed by atoms with Crippen LogP contribution in [0.2, 0.25) is 0 Å². The number of hydrogen-bond donors (Lipinski definition) is 0. The highest BCUT2D eigenvalue weighted by Crippen LogP contribution is 2.29. The standard InChI is InChI=1S/C12H20F2/c1-5-7-8-11(12(4,13)14)9-10(3)6-2/h5,7-8,10H,6,9H2,1-4H3. The molecule has 0 aromatic carbocycles. The van der Waals surface area contributed by atoms with Crippen LogP contribution >= 0.6 is 0 Å². The maximum absolute atomic E-state index is 13.1. The highest BCUT2D eigenvalue weighted by molar-refractivity contribution is 5.18. The quantitative estimate of drug-likeness (QED) is 0.572. The van der Waals surface area contributed by atoms with E-state index in [4.69, 9.17) is 0 Å². The van der Waals surface area contributed by atoms with Crippen LogP contribution in [0.5, 0.6) is 0 Å². The fourth-order valence-electron chi connectivity index (χ4n) is 1.13. The van der Waals surface area contributed by atoms with Gasteiger partial charge in [-0.2, -0.15) is 0 Å².